The number of hydrogen-bond acceptors (Lipinski definition) is 3. The zero-order valence-electron chi connectivity index (χ0n) is 12.4. The Morgan fingerprint density at radius 2 is 2.10 bits per heavy atom. The summed E-state index contributed by atoms with van der Waals surface area (Å²) in [6, 6.07) is 7.41. The van der Waals surface area contributed by atoms with E-state index in [2.05, 4.69) is 21.2 Å². The van der Waals surface area contributed by atoms with Crippen LogP contribution in [-0.4, -0.2) is 24.1 Å². The van der Waals surface area contributed by atoms with Crippen molar-refractivity contribution in [1.29, 1.82) is 0 Å². The summed E-state index contributed by atoms with van der Waals surface area (Å²) in [6.07, 6.45) is -0.575. The van der Waals surface area contributed by atoms with Gasteiger partial charge in [0.15, 0.2) is 6.10 Å². The molecule has 5 heteroatoms. The molecule has 1 aromatic carbocycles. The molecule has 1 aromatic rings. The van der Waals surface area contributed by atoms with Gasteiger partial charge in [0.25, 0.3) is 5.91 Å². The van der Waals surface area contributed by atoms with E-state index in [9.17, 15) is 4.79 Å². The van der Waals surface area contributed by atoms with Crippen LogP contribution in [0.1, 0.15) is 27.7 Å². The van der Waals surface area contributed by atoms with Crippen LogP contribution >= 0.6 is 15.9 Å². The molecule has 20 heavy (non-hydrogen) atoms. The molecular formula is C15H23BrN2O2. The fourth-order valence-corrected chi connectivity index (χ4v) is 1.99. The topological polar surface area (TPSA) is 64.3 Å². The number of carbonyl (C=O) groups is 1. The maximum atomic E-state index is 12.2. The second-order valence-corrected chi connectivity index (χ2v) is 6.40. The van der Waals surface area contributed by atoms with E-state index in [4.69, 9.17) is 10.5 Å². The smallest absolute Gasteiger partial charge is 0.261 e. The summed E-state index contributed by atoms with van der Waals surface area (Å²) in [5.41, 5.74) is 5.34. The molecule has 1 rings (SSSR count). The summed E-state index contributed by atoms with van der Waals surface area (Å²) < 4.78 is 6.56. The van der Waals surface area contributed by atoms with Crippen molar-refractivity contribution in [3.63, 3.8) is 0 Å². The summed E-state index contributed by atoms with van der Waals surface area (Å²) in [5, 5.41) is 2.98. The molecule has 0 aliphatic carbocycles. The Balaban J connectivity index is 2.68. The molecule has 0 bridgehead atoms. The van der Waals surface area contributed by atoms with Gasteiger partial charge in [0, 0.05) is 11.0 Å². The van der Waals surface area contributed by atoms with Crippen LogP contribution in [0, 0.1) is 5.92 Å². The number of nitrogens with one attached hydrogen (secondary N) is 1. The molecule has 0 radical (unpaired) electrons. The van der Waals surface area contributed by atoms with Crippen molar-refractivity contribution in [3.8, 4) is 5.75 Å². The molecule has 0 aromatic heterocycles. The van der Waals surface area contributed by atoms with Gasteiger partial charge in [0.1, 0.15) is 5.75 Å². The van der Waals surface area contributed by atoms with Gasteiger partial charge in [-0.05, 0) is 38.0 Å². The van der Waals surface area contributed by atoms with Crippen molar-refractivity contribution in [1.82, 2.24) is 5.32 Å². The molecule has 0 fully saturated rings. The van der Waals surface area contributed by atoms with Crippen molar-refractivity contribution in [2.24, 2.45) is 11.7 Å². The maximum Gasteiger partial charge on any atom is 0.261 e. The van der Waals surface area contributed by atoms with Crippen LogP contribution in [0.15, 0.2) is 28.7 Å². The van der Waals surface area contributed by atoms with Crippen LogP contribution in [0.4, 0.5) is 0 Å². The number of benzene rings is 1. The number of amides is 1. The molecule has 3 N–H and O–H groups in total. The Morgan fingerprint density at radius 1 is 1.45 bits per heavy atom. The second-order valence-electron chi connectivity index (χ2n) is 5.48. The number of ether oxygens (including phenoxy) is 1. The molecule has 0 saturated heterocycles. The van der Waals surface area contributed by atoms with Gasteiger partial charge in [-0.25, -0.2) is 0 Å². The van der Waals surface area contributed by atoms with E-state index in [1.54, 1.807) is 6.92 Å². The quantitative estimate of drug-likeness (QED) is 0.835. The fraction of sp³-hybridized carbons (Fsp3) is 0.533. The fourth-order valence-electron chi connectivity index (χ4n) is 1.61. The minimum atomic E-state index is -0.575. The van der Waals surface area contributed by atoms with Gasteiger partial charge in [-0.1, -0.05) is 35.8 Å². The van der Waals surface area contributed by atoms with Gasteiger partial charge < -0.3 is 15.8 Å². The first kappa shape index (κ1) is 17.0. The first-order chi connectivity index (χ1) is 9.28. The number of hydrogen-bond donors (Lipinski definition) is 2. The predicted molar refractivity (Wildman–Crippen MR) is 84.7 cm³/mol. The average Bonchev–Trinajstić information content (AvgIpc) is 2.38. The van der Waals surface area contributed by atoms with E-state index in [1.165, 1.54) is 0 Å². The SMILES string of the molecule is CC(Oc1cccc(Br)c1)C(=O)NC(C)(CN)C(C)C. The zero-order valence-corrected chi connectivity index (χ0v) is 14.0. The number of nitrogens with two attached hydrogens (primary N) is 1. The lowest BCUT2D eigenvalue weighted by molar-refractivity contribution is -0.129. The van der Waals surface area contributed by atoms with Gasteiger partial charge in [-0.2, -0.15) is 0 Å². The largest absolute Gasteiger partial charge is 0.481 e. The van der Waals surface area contributed by atoms with E-state index < -0.39 is 11.6 Å². The van der Waals surface area contributed by atoms with Gasteiger partial charge in [-0.15, -0.1) is 0 Å². The van der Waals surface area contributed by atoms with Crippen molar-refractivity contribution in [2.45, 2.75) is 39.3 Å². The number of carbonyl (C=O) groups excluding carboxylic acids is 1. The summed E-state index contributed by atoms with van der Waals surface area (Å²) in [5.74, 6) is 0.738. The Bertz CT molecular complexity index is 465. The number of halogens is 1. The van der Waals surface area contributed by atoms with Crippen molar-refractivity contribution in [3.05, 3.63) is 28.7 Å². The zero-order chi connectivity index (χ0) is 15.3. The first-order valence-corrected chi connectivity index (χ1v) is 7.52. The van der Waals surface area contributed by atoms with Gasteiger partial charge >= 0.3 is 0 Å². The van der Waals surface area contributed by atoms with Crippen LogP contribution in [0.3, 0.4) is 0 Å². The minimum absolute atomic E-state index is 0.161. The summed E-state index contributed by atoms with van der Waals surface area (Å²) in [6.45, 7) is 8.13. The van der Waals surface area contributed by atoms with Crippen LogP contribution in [-0.2, 0) is 4.79 Å². The highest BCUT2D eigenvalue weighted by molar-refractivity contribution is 9.10. The van der Waals surface area contributed by atoms with E-state index in [0.29, 0.717) is 12.3 Å². The normalized spacial score (nSPS) is 15.6. The van der Waals surface area contributed by atoms with Gasteiger partial charge in [0.2, 0.25) is 0 Å². The summed E-state index contributed by atoms with van der Waals surface area (Å²) in [4.78, 5) is 12.2. The minimum Gasteiger partial charge on any atom is -0.481 e. The molecule has 0 spiro atoms. The molecule has 4 nitrogen and oxygen atoms in total. The highest BCUT2D eigenvalue weighted by atomic mass is 79.9. The highest BCUT2D eigenvalue weighted by Gasteiger charge is 2.30. The van der Waals surface area contributed by atoms with E-state index in [0.717, 1.165) is 4.47 Å². The van der Waals surface area contributed by atoms with E-state index in [1.807, 2.05) is 45.0 Å². The number of rotatable bonds is 6. The third-order valence-corrected chi connectivity index (χ3v) is 4.08. The van der Waals surface area contributed by atoms with Crippen LogP contribution in [0.2, 0.25) is 0 Å². The molecule has 2 atom stereocenters. The third-order valence-electron chi connectivity index (χ3n) is 3.59. The third kappa shape index (κ3) is 4.49. The predicted octanol–water partition coefficient (Wildman–Crippen LogP) is 2.71. The standard InChI is InChI=1S/C15H23BrN2O2/c1-10(2)15(4,9-17)18-14(19)11(3)20-13-7-5-6-12(16)8-13/h5-8,10-11H,9,17H2,1-4H3,(H,18,19). The molecule has 2 unspecified atom stereocenters. The molecule has 0 heterocycles. The van der Waals surface area contributed by atoms with E-state index >= 15 is 0 Å². The monoisotopic (exact) mass is 342 g/mol. The maximum absolute atomic E-state index is 12.2. The summed E-state index contributed by atoms with van der Waals surface area (Å²) >= 11 is 3.37. The summed E-state index contributed by atoms with van der Waals surface area (Å²) in [7, 11) is 0. The Morgan fingerprint density at radius 3 is 2.60 bits per heavy atom. The van der Waals surface area contributed by atoms with Crippen molar-refractivity contribution >= 4 is 21.8 Å². The molecule has 0 aliphatic rings. The average molecular weight is 343 g/mol. The molecule has 112 valence electrons. The highest BCUT2D eigenvalue weighted by Crippen LogP contribution is 2.20. The van der Waals surface area contributed by atoms with E-state index in [-0.39, 0.29) is 11.8 Å². The van der Waals surface area contributed by atoms with Crippen molar-refractivity contribution in [2.75, 3.05) is 6.54 Å². The Labute approximate surface area is 129 Å². The molecule has 0 aliphatic heterocycles. The lowest BCUT2D eigenvalue weighted by atomic mass is 9.88. The van der Waals surface area contributed by atoms with Crippen LogP contribution in [0.5, 0.6) is 5.75 Å². The Kier molecular flexibility index (Phi) is 6.02. The van der Waals surface area contributed by atoms with Gasteiger partial charge in [0.05, 0.1) is 5.54 Å². The molecule has 0 saturated carbocycles. The van der Waals surface area contributed by atoms with Gasteiger partial charge in [-0.3, -0.25) is 4.79 Å². The van der Waals surface area contributed by atoms with Crippen LogP contribution < -0.4 is 15.8 Å². The van der Waals surface area contributed by atoms with Crippen LogP contribution in [0.25, 0.3) is 0 Å². The van der Waals surface area contributed by atoms with Crippen molar-refractivity contribution < 1.29 is 9.53 Å². The second kappa shape index (κ2) is 7.09. The first-order valence-electron chi connectivity index (χ1n) is 6.73. The lowest BCUT2D eigenvalue weighted by Gasteiger charge is -2.34. The Hall–Kier alpha value is -1.07. The lowest BCUT2D eigenvalue weighted by Crippen LogP contribution is -2.57. The molecular weight excluding hydrogens is 320 g/mol. The molecule has 1 amide bonds.